The van der Waals surface area contributed by atoms with Crippen LogP contribution in [0, 0.1) is 18.7 Å². The first-order valence-corrected chi connectivity index (χ1v) is 5.13. The monoisotopic (exact) mass is 226 g/mol. The van der Waals surface area contributed by atoms with Crippen molar-refractivity contribution >= 4 is 5.97 Å². The van der Waals surface area contributed by atoms with Crippen LogP contribution in [0.2, 0.25) is 0 Å². The number of carboxylic acid groups (broad SMARTS) is 1. The lowest BCUT2D eigenvalue weighted by Gasteiger charge is -2.14. The molecule has 1 aromatic rings. The van der Waals surface area contributed by atoms with Crippen molar-refractivity contribution in [2.24, 2.45) is 5.92 Å². The van der Waals surface area contributed by atoms with Gasteiger partial charge in [-0.25, -0.2) is 14.4 Å². The van der Waals surface area contributed by atoms with Crippen LogP contribution in [0.4, 0.5) is 4.39 Å². The highest BCUT2D eigenvalue weighted by atomic mass is 19.1. The van der Waals surface area contributed by atoms with Crippen molar-refractivity contribution in [1.29, 1.82) is 0 Å². The van der Waals surface area contributed by atoms with Crippen LogP contribution in [-0.4, -0.2) is 21.0 Å². The van der Waals surface area contributed by atoms with Gasteiger partial charge in [-0.2, -0.15) is 0 Å². The maximum absolute atomic E-state index is 13.7. The number of hydrogen-bond acceptors (Lipinski definition) is 3. The predicted octanol–water partition coefficient (Wildman–Crippen LogP) is 2.14. The van der Waals surface area contributed by atoms with E-state index < -0.39 is 17.7 Å². The van der Waals surface area contributed by atoms with Crippen molar-refractivity contribution in [3.63, 3.8) is 0 Å². The van der Waals surface area contributed by atoms with Crippen LogP contribution in [0.5, 0.6) is 0 Å². The Bertz CT molecular complexity index is 394. The van der Waals surface area contributed by atoms with Gasteiger partial charge in [-0.15, -0.1) is 0 Å². The molecule has 1 N–H and O–H groups in total. The average Bonchev–Trinajstić information content (AvgIpc) is 2.18. The van der Waals surface area contributed by atoms with E-state index in [-0.39, 0.29) is 17.3 Å². The van der Waals surface area contributed by atoms with Gasteiger partial charge >= 0.3 is 5.97 Å². The second kappa shape index (κ2) is 5.01. The zero-order chi connectivity index (χ0) is 12.3. The molecule has 0 amide bonds. The van der Waals surface area contributed by atoms with Gasteiger partial charge in [0, 0.05) is 0 Å². The zero-order valence-electron chi connectivity index (χ0n) is 9.57. The van der Waals surface area contributed by atoms with Crippen LogP contribution in [0.15, 0.2) is 6.33 Å². The van der Waals surface area contributed by atoms with E-state index in [2.05, 4.69) is 9.97 Å². The first kappa shape index (κ1) is 12.5. The summed E-state index contributed by atoms with van der Waals surface area (Å²) >= 11 is 0. The topological polar surface area (TPSA) is 63.1 Å². The second-order valence-electron chi connectivity index (χ2n) is 4.18. The van der Waals surface area contributed by atoms with Gasteiger partial charge in [-0.3, -0.25) is 4.79 Å². The van der Waals surface area contributed by atoms with Crippen LogP contribution < -0.4 is 0 Å². The van der Waals surface area contributed by atoms with Crippen molar-refractivity contribution < 1.29 is 14.3 Å². The van der Waals surface area contributed by atoms with Crippen LogP contribution in [0.1, 0.15) is 37.6 Å². The molecule has 1 unspecified atom stereocenters. The largest absolute Gasteiger partial charge is 0.481 e. The van der Waals surface area contributed by atoms with E-state index >= 15 is 0 Å². The van der Waals surface area contributed by atoms with Crippen molar-refractivity contribution in [2.75, 3.05) is 0 Å². The first-order valence-electron chi connectivity index (χ1n) is 5.13. The highest BCUT2D eigenvalue weighted by Gasteiger charge is 2.26. The molecule has 1 heterocycles. The first-order chi connectivity index (χ1) is 7.43. The Balaban J connectivity index is 3.11. The van der Waals surface area contributed by atoms with Crippen LogP contribution in [0.3, 0.4) is 0 Å². The lowest BCUT2D eigenvalue weighted by molar-refractivity contribution is -0.139. The molecule has 0 aliphatic rings. The van der Waals surface area contributed by atoms with E-state index in [1.54, 1.807) is 0 Å². The SMILES string of the molecule is Cc1ncnc(C(CC(C)C)C(=O)O)c1F. The molecule has 0 aromatic carbocycles. The van der Waals surface area contributed by atoms with Gasteiger partial charge in [-0.05, 0) is 19.3 Å². The molecule has 1 atom stereocenters. The lowest BCUT2D eigenvalue weighted by Crippen LogP contribution is -2.18. The number of aryl methyl sites for hydroxylation is 1. The molecule has 0 bridgehead atoms. The molecule has 0 aliphatic carbocycles. The van der Waals surface area contributed by atoms with E-state index in [1.807, 2.05) is 13.8 Å². The molecule has 0 spiro atoms. The van der Waals surface area contributed by atoms with Crippen LogP contribution in [0.25, 0.3) is 0 Å². The number of nitrogens with zero attached hydrogens (tertiary/aromatic N) is 2. The molecule has 0 saturated heterocycles. The Hall–Kier alpha value is -1.52. The van der Waals surface area contributed by atoms with E-state index in [1.165, 1.54) is 13.3 Å². The summed E-state index contributed by atoms with van der Waals surface area (Å²) < 4.78 is 13.7. The minimum atomic E-state index is -1.05. The lowest BCUT2D eigenvalue weighted by atomic mass is 9.93. The highest BCUT2D eigenvalue weighted by molar-refractivity contribution is 5.75. The number of carbonyl (C=O) groups is 1. The molecule has 88 valence electrons. The second-order valence-corrected chi connectivity index (χ2v) is 4.18. The molecular formula is C11H15FN2O2. The summed E-state index contributed by atoms with van der Waals surface area (Å²) in [6.07, 6.45) is 1.56. The predicted molar refractivity (Wildman–Crippen MR) is 56.6 cm³/mol. The molecule has 16 heavy (non-hydrogen) atoms. The summed E-state index contributed by atoms with van der Waals surface area (Å²) in [4.78, 5) is 18.5. The fraction of sp³-hybridized carbons (Fsp3) is 0.545. The molecule has 0 radical (unpaired) electrons. The van der Waals surface area contributed by atoms with E-state index in [4.69, 9.17) is 5.11 Å². The molecule has 0 aliphatic heterocycles. The fourth-order valence-corrected chi connectivity index (χ4v) is 1.52. The van der Waals surface area contributed by atoms with Crippen molar-refractivity contribution in [3.8, 4) is 0 Å². The highest BCUT2D eigenvalue weighted by Crippen LogP contribution is 2.25. The summed E-state index contributed by atoms with van der Waals surface area (Å²) in [5, 5.41) is 9.06. The maximum Gasteiger partial charge on any atom is 0.312 e. The van der Waals surface area contributed by atoms with Gasteiger partial charge in [-0.1, -0.05) is 13.8 Å². The molecule has 4 nitrogen and oxygen atoms in total. The molecule has 0 fully saturated rings. The van der Waals surface area contributed by atoms with Gasteiger partial charge in [0.25, 0.3) is 0 Å². The number of rotatable bonds is 4. The molecule has 5 heteroatoms. The molecule has 1 rings (SSSR count). The summed E-state index contributed by atoms with van der Waals surface area (Å²) in [7, 11) is 0. The third-order valence-corrected chi connectivity index (χ3v) is 2.33. The molecule has 0 saturated carbocycles. The van der Waals surface area contributed by atoms with Gasteiger partial charge in [0.2, 0.25) is 0 Å². The normalized spacial score (nSPS) is 12.8. The minimum absolute atomic E-state index is 0.0197. The summed E-state index contributed by atoms with van der Waals surface area (Å²) in [6.45, 7) is 5.28. The van der Waals surface area contributed by atoms with Gasteiger partial charge in [0.15, 0.2) is 5.82 Å². The zero-order valence-corrected chi connectivity index (χ0v) is 9.57. The Kier molecular flexibility index (Phi) is 3.93. The van der Waals surface area contributed by atoms with E-state index in [0.29, 0.717) is 6.42 Å². The van der Waals surface area contributed by atoms with Gasteiger partial charge in [0.1, 0.15) is 12.2 Å². The van der Waals surface area contributed by atoms with Crippen LogP contribution >= 0.6 is 0 Å². The Labute approximate surface area is 93.5 Å². The van der Waals surface area contributed by atoms with E-state index in [0.717, 1.165) is 0 Å². The summed E-state index contributed by atoms with van der Waals surface area (Å²) in [6, 6.07) is 0. The quantitative estimate of drug-likeness (QED) is 0.854. The third-order valence-electron chi connectivity index (χ3n) is 2.33. The van der Waals surface area contributed by atoms with Gasteiger partial charge in [0.05, 0.1) is 11.4 Å². The van der Waals surface area contributed by atoms with Crippen molar-refractivity contribution in [2.45, 2.75) is 33.1 Å². The number of halogens is 1. The minimum Gasteiger partial charge on any atom is -0.481 e. The number of aromatic nitrogens is 2. The molecule has 1 aromatic heterocycles. The summed E-state index contributed by atoms with van der Waals surface area (Å²) in [5.74, 6) is -2.40. The Morgan fingerprint density at radius 2 is 2.12 bits per heavy atom. The smallest absolute Gasteiger partial charge is 0.312 e. The van der Waals surface area contributed by atoms with Gasteiger partial charge < -0.3 is 5.11 Å². The molecular weight excluding hydrogens is 211 g/mol. The Morgan fingerprint density at radius 1 is 1.50 bits per heavy atom. The fourth-order valence-electron chi connectivity index (χ4n) is 1.52. The van der Waals surface area contributed by atoms with Crippen molar-refractivity contribution in [1.82, 2.24) is 9.97 Å². The van der Waals surface area contributed by atoms with E-state index in [9.17, 15) is 9.18 Å². The summed E-state index contributed by atoms with van der Waals surface area (Å²) in [5.41, 5.74) is 0.161. The third kappa shape index (κ3) is 2.74. The van der Waals surface area contributed by atoms with Crippen LogP contribution in [-0.2, 0) is 4.79 Å². The number of carboxylic acids is 1. The number of aliphatic carboxylic acids is 1. The average molecular weight is 226 g/mol. The standard InChI is InChI=1S/C11H15FN2O2/c1-6(2)4-8(11(15)16)10-9(12)7(3)13-5-14-10/h5-6,8H,4H2,1-3H3,(H,15,16). The Morgan fingerprint density at radius 3 is 2.62 bits per heavy atom. The maximum atomic E-state index is 13.7. The van der Waals surface area contributed by atoms with Crippen molar-refractivity contribution in [3.05, 3.63) is 23.5 Å². The number of hydrogen-bond donors (Lipinski definition) is 1.